The first-order valence-electron chi connectivity index (χ1n) is 6.09. The number of hydrogen-bond acceptors (Lipinski definition) is 6. The highest BCUT2D eigenvalue weighted by Crippen LogP contribution is 2.11. The Morgan fingerprint density at radius 2 is 2.47 bits per heavy atom. The molecule has 6 heteroatoms. The average Bonchev–Trinajstić information content (AvgIpc) is 2.79. The van der Waals surface area contributed by atoms with Crippen molar-refractivity contribution in [2.45, 2.75) is 31.6 Å². The number of ether oxygens (including phenoxy) is 1. The zero-order valence-corrected chi connectivity index (χ0v) is 11.0. The van der Waals surface area contributed by atoms with Crippen molar-refractivity contribution in [3.63, 3.8) is 0 Å². The first-order chi connectivity index (χ1) is 8.38. The molecule has 0 saturated carbocycles. The third-order valence-electron chi connectivity index (χ3n) is 2.51. The second kappa shape index (κ2) is 6.98. The van der Waals surface area contributed by atoms with Crippen LogP contribution in [0.2, 0.25) is 0 Å². The van der Waals surface area contributed by atoms with Crippen LogP contribution < -0.4 is 5.32 Å². The molecule has 1 aliphatic heterocycles. The van der Waals surface area contributed by atoms with E-state index >= 15 is 0 Å². The maximum atomic E-state index is 5.38. The lowest BCUT2D eigenvalue weighted by atomic mass is 10.2. The van der Waals surface area contributed by atoms with Crippen LogP contribution in [0.3, 0.4) is 0 Å². The number of morpholine rings is 1. The lowest BCUT2D eigenvalue weighted by Crippen LogP contribution is -2.42. The lowest BCUT2D eigenvalue weighted by molar-refractivity contribution is 0.0744. The normalized spacial score (nSPS) is 20.6. The van der Waals surface area contributed by atoms with Gasteiger partial charge in [-0.05, 0) is 12.2 Å². The highest BCUT2D eigenvalue weighted by Gasteiger charge is 2.17. The highest BCUT2D eigenvalue weighted by atomic mass is 32.2. The van der Waals surface area contributed by atoms with Crippen molar-refractivity contribution >= 4 is 11.8 Å². The zero-order chi connectivity index (χ0) is 11.9. The monoisotopic (exact) mass is 257 g/mol. The molecule has 1 aromatic rings. The summed E-state index contributed by atoms with van der Waals surface area (Å²) in [4.78, 5) is 4.38. The molecular formula is C11H19N3O2S. The van der Waals surface area contributed by atoms with E-state index in [1.54, 1.807) is 0 Å². The average molecular weight is 257 g/mol. The fourth-order valence-corrected chi connectivity index (χ4v) is 2.43. The SMILES string of the molecule is CCCSCc1noc(CC2COCCN2)n1. The quantitative estimate of drug-likeness (QED) is 0.774. The molecule has 0 amide bonds. The molecule has 1 saturated heterocycles. The second-order valence-corrected chi connectivity index (χ2v) is 5.19. The second-order valence-electron chi connectivity index (χ2n) is 4.09. The van der Waals surface area contributed by atoms with Gasteiger partial charge in [-0.1, -0.05) is 12.1 Å². The van der Waals surface area contributed by atoms with Crippen LogP contribution >= 0.6 is 11.8 Å². The van der Waals surface area contributed by atoms with Gasteiger partial charge >= 0.3 is 0 Å². The van der Waals surface area contributed by atoms with Gasteiger partial charge in [0.05, 0.1) is 19.0 Å². The molecule has 2 rings (SSSR count). The van der Waals surface area contributed by atoms with Crippen LogP contribution in [0.15, 0.2) is 4.52 Å². The Balaban J connectivity index is 1.76. The molecule has 17 heavy (non-hydrogen) atoms. The van der Waals surface area contributed by atoms with E-state index in [1.807, 2.05) is 11.8 Å². The number of hydrogen-bond donors (Lipinski definition) is 1. The summed E-state index contributed by atoms with van der Waals surface area (Å²) in [5, 5.41) is 7.35. The number of nitrogens with zero attached hydrogens (tertiary/aromatic N) is 2. The van der Waals surface area contributed by atoms with Crippen molar-refractivity contribution in [2.75, 3.05) is 25.5 Å². The van der Waals surface area contributed by atoms with Crippen molar-refractivity contribution in [3.05, 3.63) is 11.7 Å². The van der Waals surface area contributed by atoms with Crippen molar-refractivity contribution in [2.24, 2.45) is 0 Å². The van der Waals surface area contributed by atoms with Gasteiger partial charge in [0.15, 0.2) is 5.82 Å². The molecule has 2 heterocycles. The van der Waals surface area contributed by atoms with Gasteiger partial charge in [0.2, 0.25) is 5.89 Å². The Morgan fingerprint density at radius 3 is 3.24 bits per heavy atom. The smallest absolute Gasteiger partial charge is 0.228 e. The fourth-order valence-electron chi connectivity index (χ4n) is 1.70. The Kier molecular flexibility index (Phi) is 5.28. The number of thioether (sulfide) groups is 1. The van der Waals surface area contributed by atoms with Gasteiger partial charge in [-0.3, -0.25) is 0 Å². The number of nitrogens with one attached hydrogen (secondary N) is 1. The molecule has 5 nitrogen and oxygen atoms in total. The van der Waals surface area contributed by atoms with E-state index in [4.69, 9.17) is 9.26 Å². The maximum Gasteiger partial charge on any atom is 0.228 e. The molecule has 0 aromatic carbocycles. The van der Waals surface area contributed by atoms with Crippen LogP contribution in [0.4, 0.5) is 0 Å². The van der Waals surface area contributed by atoms with Gasteiger partial charge in [0.1, 0.15) is 0 Å². The number of rotatable bonds is 6. The first kappa shape index (κ1) is 12.9. The van der Waals surface area contributed by atoms with Crippen LogP contribution in [0.1, 0.15) is 25.1 Å². The molecule has 1 aliphatic rings. The van der Waals surface area contributed by atoms with Gasteiger partial charge in [0, 0.05) is 19.0 Å². The van der Waals surface area contributed by atoms with Crippen LogP contribution in [0.5, 0.6) is 0 Å². The summed E-state index contributed by atoms with van der Waals surface area (Å²) in [6, 6.07) is 0.306. The molecule has 0 spiro atoms. The predicted octanol–water partition coefficient (Wildman–Crippen LogP) is 1.24. The summed E-state index contributed by atoms with van der Waals surface area (Å²) in [5.41, 5.74) is 0. The van der Waals surface area contributed by atoms with Crippen LogP contribution in [0, 0.1) is 0 Å². The Bertz CT molecular complexity index is 326. The summed E-state index contributed by atoms with van der Waals surface area (Å²) in [7, 11) is 0. The van der Waals surface area contributed by atoms with Crippen LogP contribution in [-0.2, 0) is 16.9 Å². The van der Waals surface area contributed by atoms with E-state index in [1.165, 1.54) is 6.42 Å². The molecule has 96 valence electrons. The summed E-state index contributed by atoms with van der Waals surface area (Å²) >= 11 is 1.84. The van der Waals surface area contributed by atoms with Crippen molar-refractivity contribution in [1.29, 1.82) is 0 Å². The first-order valence-corrected chi connectivity index (χ1v) is 7.24. The predicted molar refractivity (Wildman–Crippen MR) is 67.1 cm³/mol. The van der Waals surface area contributed by atoms with Crippen molar-refractivity contribution in [3.8, 4) is 0 Å². The third kappa shape index (κ3) is 4.29. The Labute approximate surface area is 106 Å². The third-order valence-corrected chi connectivity index (χ3v) is 3.67. The van der Waals surface area contributed by atoms with Gasteiger partial charge in [0.25, 0.3) is 0 Å². The van der Waals surface area contributed by atoms with Crippen LogP contribution in [-0.4, -0.2) is 41.7 Å². The summed E-state index contributed by atoms with van der Waals surface area (Å²) in [5.74, 6) is 3.49. The maximum absolute atomic E-state index is 5.38. The molecule has 1 N–H and O–H groups in total. The van der Waals surface area contributed by atoms with E-state index in [2.05, 4.69) is 22.4 Å². The molecule has 1 atom stereocenters. The van der Waals surface area contributed by atoms with E-state index < -0.39 is 0 Å². The summed E-state index contributed by atoms with van der Waals surface area (Å²) < 4.78 is 10.6. The zero-order valence-electron chi connectivity index (χ0n) is 10.1. The topological polar surface area (TPSA) is 60.2 Å². The lowest BCUT2D eigenvalue weighted by Gasteiger charge is -2.22. The van der Waals surface area contributed by atoms with Gasteiger partial charge < -0.3 is 14.6 Å². The summed E-state index contributed by atoms with van der Waals surface area (Å²) in [6.07, 6.45) is 1.93. The van der Waals surface area contributed by atoms with Gasteiger partial charge in [-0.2, -0.15) is 16.7 Å². The van der Waals surface area contributed by atoms with Crippen molar-refractivity contribution < 1.29 is 9.26 Å². The Hall–Kier alpha value is -0.590. The molecule has 0 radical (unpaired) electrons. The molecular weight excluding hydrogens is 238 g/mol. The van der Waals surface area contributed by atoms with Crippen LogP contribution in [0.25, 0.3) is 0 Å². The summed E-state index contributed by atoms with van der Waals surface area (Å²) in [6.45, 7) is 4.59. The van der Waals surface area contributed by atoms with E-state index in [0.29, 0.717) is 11.9 Å². The Morgan fingerprint density at radius 1 is 1.53 bits per heavy atom. The molecule has 0 aliphatic carbocycles. The van der Waals surface area contributed by atoms with E-state index in [9.17, 15) is 0 Å². The van der Waals surface area contributed by atoms with Crippen molar-refractivity contribution in [1.82, 2.24) is 15.5 Å². The molecule has 0 bridgehead atoms. The van der Waals surface area contributed by atoms with Gasteiger partial charge in [-0.25, -0.2) is 0 Å². The largest absolute Gasteiger partial charge is 0.378 e. The minimum absolute atomic E-state index is 0.306. The van der Waals surface area contributed by atoms with E-state index in [-0.39, 0.29) is 0 Å². The van der Waals surface area contributed by atoms with Gasteiger partial charge in [-0.15, -0.1) is 0 Å². The van der Waals surface area contributed by atoms with E-state index in [0.717, 1.165) is 43.5 Å². The minimum Gasteiger partial charge on any atom is -0.378 e. The highest BCUT2D eigenvalue weighted by molar-refractivity contribution is 7.98. The minimum atomic E-state index is 0.306. The standard InChI is InChI=1S/C11H19N3O2S/c1-2-5-17-8-10-13-11(16-14-10)6-9-7-15-4-3-12-9/h9,12H,2-8H2,1H3. The number of aromatic nitrogens is 2. The molecule has 1 fully saturated rings. The fraction of sp³-hybridized carbons (Fsp3) is 0.818. The molecule has 1 unspecified atom stereocenters. The molecule has 1 aromatic heterocycles.